The van der Waals surface area contributed by atoms with Crippen molar-refractivity contribution in [3.05, 3.63) is 75.3 Å². The molecule has 0 amide bonds. The van der Waals surface area contributed by atoms with Gasteiger partial charge in [-0.05, 0) is 54.7 Å². The van der Waals surface area contributed by atoms with E-state index < -0.39 is 0 Å². The van der Waals surface area contributed by atoms with Crippen LogP contribution in [0.2, 0.25) is 0 Å². The quantitative estimate of drug-likeness (QED) is 0.577. The number of hydrogen-bond donors (Lipinski definition) is 0. The van der Waals surface area contributed by atoms with Crippen LogP contribution in [0.15, 0.2) is 47.3 Å². The molecule has 0 N–H and O–H groups in total. The van der Waals surface area contributed by atoms with Crippen molar-refractivity contribution in [1.29, 1.82) is 0 Å². The number of hydrogen-bond acceptors (Lipinski definition) is 2. The van der Waals surface area contributed by atoms with E-state index in [0.717, 1.165) is 41.9 Å². The zero-order valence-corrected chi connectivity index (χ0v) is 15.5. The van der Waals surface area contributed by atoms with Gasteiger partial charge in [-0.2, -0.15) is 0 Å². The van der Waals surface area contributed by atoms with Gasteiger partial charge in [0, 0.05) is 24.1 Å². The first-order chi connectivity index (χ1) is 12.4. The van der Waals surface area contributed by atoms with Crippen LogP contribution in [0.25, 0.3) is 10.9 Å². The van der Waals surface area contributed by atoms with Crippen LogP contribution >= 0.6 is 0 Å². The van der Waals surface area contributed by atoms with Gasteiger partial charge in [0.1, 0.15) is 5.82 Å². The Morgan fingerprint density at radius 1 is 1.08 bits per heavy atom. The third-order valence-electron chi connectivity index (χ3n) is 5.05. The second-order valence-corrected chi connectivity index (χ2v) is 7.93. The highest BCUT2D eigenvalue weighted by atomic mass is 16.1. The Labute approximate surface area is 153 Å². The Bertz CT molecular complexity index is 1130. The average Bonchev–Trinajstić information content (AvgIpc) is 2.59. The van der Waals surface area contributed by atoms with Gasteiger partial charge in [-0.3, -0.25) is 9.36 Å². The van der Waals surface area contributed by atoms with Crippen molar-refractivity contribution in [3.63, 3.8) is 0 Å². The molecular weight excluding hydrogens is 320 g/mol. The molecule has 0 saturated carbocycles. The minimum absolute atomic E-state index is 0.0682. The van der Waals surface area contributed by atoms with Gasteiger partial charge in [-0.15, -0.1) is 0 Å². The first-order valence-corrected chi connectivity index (χ1v) is 9.03. The van der Waals surface area contributed by atoms with E-state index in [4.69, 9.17) is 4.98 Å². The lowest BCUT2D eigenvalue weighted by Gasteiger charge is -2.31. The van der Waals surface area contributed by atoms with Crippen molar-refractivity contribution in [1.82, 2.24) is 9.55 Å². The van der Waals surface area contributed by atoms with Crippen LogP contribution in [0.4, 0.5) is 0 Å². The fourth-order valence-corrected chi connectivity index (χ4v) is 3.51. The van der Waals surface area contributed by atoms with Crippen LogP contribution in [0, 0.1) is 24.2 Å². The van der Waals surface area contributed by atoms with Crippen LogP contribution in [-0.4, -0.2) is 9.55 Å². The van der Waals surface area contributed by atoms with E-state index in [1.54, 1.807) is 0 Å². The standard InChI is InChI=1S/C23H22N2O/c1-16-5-4-6-17(13-16)7-8-18-9-10-19-20(14-18)24-21-15-23(2,3)11-12-25(21)22(19)26/h4-6,9-10,13-14H,11-12,15H2,1-3H3. The summed E-state index contributed by atoms with van der Waals surface area (Å²) in [7, 11) is 0. The monoisotopic (exact) mass is 342 g/mol. The first-order valence-electron chi connectivity index (χ1n) is 9.03. The predicted octanol–water partition coefficient (Wildman–Crippen LogP) is 4.08. The highest BCUT2D eigenvalue weighted by molar-refractivity contribution is 5.79. The van der Waals surface area contributed by atoms with E-state index in [1.807, 2.05) is 34.9 Å². The van der Waals surface area contributed by atoms with Gasteiger partial charge in [0.15, 0.2) is 0 Å². The molecule has 0 spiro atoms. The minimum Gasteiger partial charge on any atom is -0.296 e. The van der Waals surface area contributed by atoms with Crippen LogP contribution in [0.5, 0.6) is 0 Å². The molecule has 26 heavy (non-hydrogen) atoms. The molecule has 130 valence electrons. The molecule has 2 heterocycles. The second kappa shape index (κ2) is 6.14. The van der Waals surface area contributed by atoms with Gasteiger partial charge in [-0.25, -0.2) is 4.98 Å². The molecule has 2 aromatic carbocycles. The summed E-state index contributed by atoms with van der Waals surface area (Å²) in [6.07, 6.45) is 1.84. The summed E-state index contributed by atoms with van der Waals surface area (Å²) in [6, 6.07) is 13.8. The van der Waals surface area contributed by atoms with Crippen LogP contribution in [0.3, 0.4) is 0 Å². The van der Waals surface area contributed by atoms with Crippen molar-refractivity contribution >= 4 is 10.9 Å². The molecule has 0 radical (unpaired) electrons. The van der Waals surface area contributed by atoms with Crippen molar-refractivity contribution in [2.75, 3.05) is 0 Å². The van der Waals surface area contributed by atoms with Gasteiger partial charge in [0.05, 0.1) is 10.9 Å². The Morgan fingerprint density at radius 2 is 1.85 bits per heavy atom. The van der Waals surface area contributed by atoms with Gasteiger partial charge < -0.3 is 0 Å². The van der Waals surface area contributed by atoms with Crippen LogP contribution < -0.4 is 5.56 Å². The third kappa shape index (κ3) is 3.15. The maximum atomic E-state index is 12.8. The zero-order chi connectivity index (χ0) is 18.3. The summed E-state index contributed by atoms with van der Waals surface area (Å²) in [4.78, 5) is 17.6. The Kier molecular flexibility index (Phi) is 3.92. The van der Waals surface area contributed by atoms with Gasteiger partial charge >= 0.3 is 0 Å². The number of aryl methyl sites for hydroxylation is 1. The first kappa shape index (κ1) is 16.6. The van der Waals surface area contributed by atoms with E-state index >= 15 is 0 Å². The molecular formula is C23H22N2O. The summed E-state index contributed by atoms with van der Waals surface area (Å²) in [5.41, 5.74) is 4.07. The SMILES string of the molecule is Cc1cccc(C#Cc2ccc3c(=O)n4c(nc3c2)CC(C)(C)CC4)c1. The third-order valence-corrected chi connectivity index (χ3v) is 5.05. The molecule has 1 aliphatic rings. The molecule has 0 unspecified atom stereocenters. The average molecular weight is 342 g/mol. The lowest BCUT2D eigenvalue weighted by molar-refractivity contribution is 0.261. The number of nitrogens with zero attached hydrogens (tertiary/aromatic N) is 2. The van der Waals surface area contributed by atoms with E-state index in [0.29, 0.717) is 5.39 Å². The Hall–Kier alpha value is -2.86. The van der Waals surface area contributed by atoms with Crippen molar-refractivity contribution in [2.45, 2.75) is 40.2 Å². The molecule has 1 aliphatic heterocycles. The molecule has 3 heteroatoms. The van der Waals surface area contributed by atoms with Gasteiger partial charge in [0.25, 0.3) is 5.56 Å². The smallest absolute Gasteiger partial charge is 0.261 e. The van der Waals surface area contributed by atoms with E-state index in [-0.39, 0.29) is 11.0 Å². The number of benzene rings is 2. The molecule has 0 fully saturated rings. The minimum atomic E-state index is 0.0682. The summed E-state index contributed by atoms with van der Waals surface area (Å²) in [5, 5.41) is 0.676. The molecule has 0 saturated heterocycles. The maximum Gasteiger partial charge on any atom is 0.261 e. The summed E-state index contributed by atoms with van der Waals surface area (Å²) < 4.78 is 1.84. The van der Waals surface area contributed by atoms with E-state index in [9.17, 15) is 4.79 Å². The molecule has 3 nitrogen and oxygen atoms in total. The molecule has 1 aromatic heterocycles. The van der Waals surface area contributed by atoms with Gasteiger partial charge in [0.2, 0.25) is 0 Å². The second-order valence-electron chi connectivity index (χ2n) is 7.93. The predicted molar refractivity (Wildman–Crippen MR) is 105 cm³/mol. The fraction of sp³-hybridized carbons (Fsp3) is 0.304. The zero-order valence-electron chi connectivity index (χ0n) is 15.5. The largest absolute Gasteiger partial charge is 0.296 e. The fourth-order valence-electron chi connectivity index (χ4n) is 3.51. The van der Waals surface area contributed by atoms with Gasteiger partial charge in [-0.1, -0.05) is 37.8 Å². The highest BCUT2D eigenvalue weighted by Crippen LogP contribution is 2.30. The summed E-state index contributed by atoms with van der Waals surface area (Å²) in [5.74, 6) is 7.28. The van der Waals surface area contributed by atoms with E-state index in [1.165, 1.54) is 5.56 Å². The van der Waals surface area contributed by atoms with Crippen molar-refractivity contribution in [2.24, 2.45) is 5.41 Å². The number of aromatic nitrogens is 2. The molecule has 4 rings (SSSR count). The normalized spacial score (nSPS) is 15.2. The van der Waals surface area contributed by atoms with E-state index in [2.05, 4.69) is 44.7 Å². The lowest BCUT2D eigenvalue weighted by atomic mass is 9.83. The molecule has 3 aromatic rings. The molecule has 0 bridgehead atoms. The van der Waals surface area contributed by atoms with Crippen LogP contribution in [-0.2, 0) is 13.0 Å². The highest BCUT2D eigenvalue weighted by Gasteiger charge is 2.27. The topological polar surface area (TPSA) is 34.9 Å². The van der Waals surface area contributed by atoms with Crippen molar-refractivity contribution in [3.8, 4) is 11.8 Å². The molecule has 0 aliphatic carbocycles. The summed E-state index contributed by atoms with van der Waals surface area (Å²) >= 11 is 0. The maximum absolute atomic E-state index is 12.8. The number of fused-ring (bicyclic) bond motifs is 2. The van der Waals surface area contributed by atoms with Crippen molar-refractivity contribution < 1.29 is 0 Å². The Morgan fingerprint density at radius 3 is 2.62 bits per heavy atom. The summed E-state index contributed by atoms with van der Waals surface area (Å²) in [6.45, 7) is 7.27. The van der Waals surface area contributed by atoms with Crippen LogP contribution in [0.1, 0.15) is 42.8 Å². The molecule has 0 atom stereocenters. The number of rotatable bonds is 0. The Balaban J connectivity index is 1.77. The lowest BCUT2D eigenvalue weighted by Crippen LogP contribution is -2.35.